The van der Waals surface area contributed by atoms with Crippen LogP contribution < -0.4 is 10.9 Å². The predicted octanol–water partition coefficient (Wildman–Crippen LogP) is 3.87. The van der Waals surface area contributed by atoms with E-state index in [-0.39, 0.29) is 24.3 Å². The minimum absolute atomic E-state index is 0.0317. The molecule has 38 heavy (non-hydrogen) atoms. The molecule has 3 N–H and O–H groups in total. The number of aryl methyl sites for hydroxylation is 1. The molecule has 1 heterocycles. The fourth-order valence-electron chi connectivity index (χ4n) is 4.04. The molecule has 0 aliphatic carbocycles. The van der Waals surface area contributed by atoms with Gasteiger partial charge in [0.25, 0.3) is 11.5 Å². The molecule has 1 amide bonds. The highest BCUT2D eigenvalue weighted by Crippen LogP contribution is 2.23. The maximum atomic E-state index is 12.8. The maximum Gasteiger partial charge on any atom is 0.335 e. The van der Waals surface area contributed by atoms with Gasteiger partial charge in [-0.15, -0.1) is 0 Å². The minimum Gasteiger partial charge on any atom is -0.459 e. The van der Waals surface area contributed by atoms with E-state index in [1.54, 1.807) is 0 Å². The Labute approximate surface area is 224 Å². The Morgan fingerprint density at radius 3 is 2.37 bits per heavy atom. The molecule has 0 bridgehead atoms. The molecule has 0 saturated heterocycles. The lowest BCUT2D eigenvalue weighted by Gasteiger charge is -2.21. The number of nitrogens with zero attached hydrogens (tertiary/aromatic N) is 1. The number of hydrogen-bond acceptors (Lipinski definition) is 5. The largest absolute Gasteiger partial charge is 0.459 e. The number of halogens is 1. The smallest absolute Gasteiger partial charge is 0.335 e. The molecule has 0 radical (unpaired) electrons. The average Bonchev–Trinajstić information content (AvgIpc) is 3.26. The van der Waals surface area contributed by atoms with Crippen molar-refractivity contribution in [2.24, 2.45) is 7.05 Å². The van der Waals surface area contributed by atoms with Crippen molar-refractivity contribution in [3.63, 3.8) is 0 Å². The molecule has 0 fully saturated rings. The second-order valence-corrected chi connectivity index (χ2v) is 9.43. The van der Waals surface area contributed by atoms with Crippen molar-refractivity contribution in [2.75, 3.05) is 0 Å². The highest BCUT2D eigenvalue weighted by molar-refractivity contribution is 6.30. The van der Waals surface area contributed by atoms with Crippen LogP contribution >= 0.6 is 11.6 Å². The van der Waals surface area contributed by atoms with E-state index in [9.17, 15) is 19.5 Å². The summed E-state index contributed by atoms with van der Waals surface area (Å²) in [5, 5.41) is 16.7. The van der Waals surface area contributed by atoms with Gasteiger partial charge in [-0.3, -0.25) is 19.4 Å². The minimum atomic E-state index is -1.45. The van der Waals surface area contributed by atoms with Crippen LogP contribution in [0.1, 0.15) is 28.0 Å². The molecule has 0 saturated carbocycles. The van der Waals surface area contributed by atoms with E-state index in [4.69, 9.17) is 16.3 Å². The van der Waals surface area contributed by atoms with Crippen molar-refractivity contribution in [1.82, 2.24) is 15.1 Å². The summed E-state index contributed by atoms with van der Waals surface area (Å²) in [6, 6.07) is 25.0. The molecule has 8 nitrogen and oxygen atoms in total. The van der Waals surface area contributed by atoms with Crippen molar-refractivity contribution in [3.8, 4) is 11.1 Å². The molecular formula is C29H28ClN3O5. The van der Waals surface area contributed by atoms with Crippen LogP contribution in [0.25, 0.3) is 11.1 Å². The molecule has 196 valence electrons. The molecule has 0 aliphatic heterocycles. The molecule has 4 rings (SSSR count). The first-order chi connectivity index (χ1) is 18.3. The SMILES string of the molecule is Cn1[nH]c(C(=O)N[C@H](Cc2ccc(-c3cccc(Cl)c3)cc2)C[C@@H](O)C(=O)OCc2ccccc2)cc1=O. The standard InChI is InChI=1S/C29H28ClN3O5/c1-33-27(35)17-25(32-33)28(36)31-24(16-26(34)29(37)38-18-20-6-3-2-4-7-20)14-19-10-12-21(13-11-19)22-8-5-9-23(30)15-22/h2-13,15,17,24,26,32,34H,14,16,18H2,1H3,(H,31,36)/t24-,26-/m1/s1. The number of aromatic amines is 1. The summed E-state index contributed by atoms with van der Waals surface area (Å²) in [7, 11) is 1.50. The van der Waals surface area contributed by atoms with E-state index in [0.717, 1.165) is 22.3 Å². The molecule has 0 unspecified atom stereocenters. The second kappa shape index (κ2) is 12.4. The van der Waals surface area contributed by atoms with Gasteiger partial charge in [0.2, 0.25) is 0 Å². The van der Waals surface area contributed by atoms with E-state index in [1.165, 1.54) is 17.8 Å². The lowest BCUT2D eigenvalue weighted by Crippen LogP contribution is -2.41. The molecule has 2 atom stereocenters. The molecule has 1 aromatic heterocycles. The Balaban J connectivity index is 1.46. The van der Waals surface area contributed by atoms with Crippen LogP contribution in [0, 0.1) is 0 Å². The molecule has 0 aliphatic rings. The molecule has 9 heteroatoms. The number of carbonyl (C=O) groups excluding carboxylic acids is 2. The number of rotatable bonds is 10. The number of benzene rings is 3. The van der Waals surface area contributed by atoms with Gasteiger partial charge in [-0.1, -0.05) is 78.3 Å². The third kappa shape index (κ3) is 7.21. The first kappa shape index (κ1) is 26.9. The maximum absolute atomic E-state index is 12.8. The zero-order chi connectivity index (χ0) is 27.1. The van der Waals surface area contributed by atoms with Gasteiger partial charge in [-0.2, -0.15) is 0 Å². The van der Waals surface area contributed by atoms with Crippen molar-refractivity contribution >= 4 is 23.5 Å². The Bertz CT molecular complexity index is 1450. The number of H-pyrrole nitrogens is 1. The normalized spacial score (nSPS) is 12.5. The number of esters is 1. The number of ether oxygens (including phenoxy) is 1. The van der Waals surface area contributed by atoms with E-state index in [1.807, 2.05) is 78.9 Å². The topological polar surface area (TPSA) is 113 Å². The third-order valence-electron chi connectivity index (χ3n) is 6.06. The first-order valence-corrected chi connectivity index (χ1v) is 12.5. The van der Waals surface area contributed by atoms with Crippen LogP contribution in [-0.4, -0.2) is 38.9 Å². The monoisotopic (exact) mass is 533 g/mol. The molecule has 4 aromatic rings. The number of aromatic nitrogens is 2. The van der Waals surface area contributed by atoms with Crippen LogP contribution in [0.3, 0.4) is 0 Å². The molecule has 0 spiro atoms. The van der Waals surface area contributed by atoms with Crippen molar-refractivity contribution in [3.05, 3.63) is 117 Å². The number of aliphatic hydroxyl groups is 1. The van der Waals surface area contributed by atoms with E-state index in [2.05, 4.69) is 10.4 Å². The predicted molar refractivity (Wildman–Crippen MR) is 145 cm³/mol. The Hall–Kier alpha value is -4.14. The Morgan fingerprint density at radius 2 is 1.71 bits per heavy atom. The first-order valence-electron chi connectivity index (χ1n) is 12.1. The summed E-state index contributed by atoms with van der Waals surface area (Å²) in [6.45, 7) is 0.0317. The Morgan fingerprint density at radius 1 is 0.974 bits per heavy atom. The lowest BCUT2D eigenvalue weighted by molar-refractivity contribution is -0.155. The van der Waals surface area contributed by atoms with Gasteiger partial charge in [-0.05, 0) is 40.8 Å². The summed E-state index contributed by atoms with van der Waals surface area (Å²) < 4.78 is 6.45. The fraction of sp³-hybridized carbons (Fsp3) is 0.207. The van der Waals surface area contributed by atoms with Crippen LogP contribution in [0.15, 0.2) is 89.7 Å². The summed E-state index contributed by atoms with van der Waals surface area (Å²) >= 11 is 6.11. The van der Waals surface area contributed by atoms with Gasteiger partial charge < -0.3 is 15.2 Å². The highest BCUT2D eigenvalue weighted by Gasteiger charge is 2.25. The lowest BCUT2D eigenvalue weighted by atomic mass is 9.97. The second-order valence-electron chi connectivity index (χ2n) is 8.99. The fourth-order valence-corrected chi connectivity index (χ4v) is 4.23. The summed E-state index contributed by atoms with van der Waals surface area (Å²) in [4.78, 5) is 37.1. The van der Waals surface area contributed by atoms with Crippen molar-refractivity contribution < 1.29 is 19.4 Å². The number of carbonyl (C=O) groups is 2. The number of hydrogen-bond donors (Lipinski definition) is 3. The summed E-state index contributed by atoms with van der Waals surface area (Å²) in [5.41, 5.74) is 3.35. The van der Waals surface area contributed by atoms with Crippen molar-refractivity contribution in [2.45, 2.75) is 31.6 Å². The van der Waals surface area contributed by atoms with Gasteiger partial charge in [0.05, 0.1) is 0 Å². The number of nitrogens with one attached hydrogen (secondary N) is 2. The van der Waals surface area contributed by atoms with Crippen LogP contribution in [-0.2, 0) is 29.6 Å². The zero-order valence-electron chi connectivity index (χ0n) is 20.8. The van der Waals surface area contributed by atoms with Crippen LogP contribution in [0.5, 0.6) is 0 Å². The van der Waals surface area contributed by atoms with E-state index >= 15 is 0 Å². The number of aliphatic hydroxyl groups excluding tert-OH is 1. The highest BCUT2D eigenvalue weighted by atomic mass is 35.5. The zero-order valence-corrected chi connectivity index (χ0v) is 21.5. The van der Waals surface area contributed by atoms with Gasteiger partial charge in [0, 0.05) is 30.6 Å². The van der Waals surface area contributed by atoms with Gasteiger partial charge in [0.1, 0.15) is 12.3 Å². The summed E-state index contributed by atoms with van der Waals surface area (Å²) in [6.07, 6.45) is -1.20. The van der Waals surface area contributed by atoms with Gasteiger partial charge in [-0.25, -0.2) is 4.79 Å². The molecule has 3 aromatic carbocycles. The van der Waals surface area contributed by atoms with Crippen molar-refractivity contribution in [1.29, 1.82) is 0 Å². The van der Waals surface area contributed by atoms with E-state index in [0.29, 0.717) is 11.4 Å². The molecular weight excluding hydrogens is 506 g/mol. The Kier molecular flexibility index (Phi) is 8.78. The quantitative estimate of drug-likeness (QED) is 0.268. The van der Waals surface area contributed by atoms with Crippen LogP contribution in [0.2, 0.25) is 5.02 Å². The van der Waals surface area contributed by atoms with E-state index < -0.39 is 24.0 Å². The third-order valence-corrected chi connectivity index (χ3v) is 6.30. The average molecular weight is 534 g/mol. The summed E-state index contributed by atoms with van der Waals surface area (Å²) in [5.74, 6) is -1.30. The van der Waals surface area contributed by atoms with Gasteiger partial charge >= 0.3 is 5.97 Å². The number of amides is 1. The van der Waals surface area contributed by atoms with Crippen LogP contribution in [0.4, 0.5) is 0 Å². The van der Waals surface area contributed by atoms with Gasteiger partial charge in [0.15, 0.2) is 6.10 Å².